The van der Waals surface area contributed by atoms with Gasteiger partial charge in [-0.1, -0.05) is 15.9 Å². The highest BCUT2D eigenvalue weighted by atomic mass is 79.9. The molecule has 0 saturated heterocycles. The van der Waals surface area contributed by atoms with Crippen LogP contribution in [-0.2, 0) is 19.4 Å². The van der Waals surface area contributed by atoms with Crippen LogP contribution >= 0.6 is 15.9 Å². The zero-order valence-electron chi connectivity index (χ0n) is 11.2. The van der Waals surface area contributed by atoms with E-state index in [0.29, 0.717) is 6.79 Å². The second-order valence-corrected chi connectivity index (χ2v) is 6.27. The fraction of sp³-hybridized carbons (Fsp3) is 0.375. The van der Waals surface area contributed by atoms with Gasteiger partial charge in [0.2, 0.25) is 6.79 Å². The molecule has 20 heavy (non-hydrogen) atoms. The highest BCUT2D eigenvalue weighted by molar-refractivity contribution is 9.10. The van der Waals surface area contributed by atoms with E-state index in [1.54, 1.807) is 0 Å². The van der Waals surface area contributed by atoms with E-state index in [9.17, 15) is 0 Å². The Hall–Kier alpha value is -1.42. The number of rotatable bonds is 2. The summed E-state index contributed by atoms with van der Waals surface area (Å²) >= 11 is 3.64. The third-order valence-electron chi connectivity index (χ3n) is 4.17. The van der Waals surface area contributed by atoms with Crippen molar-refractivity contribution in [1.82, 2.24) is 4.57 Å². The monoisotopic (exact) mass is 333 g/mol. The van der Waals surface area contributed by atoms with Gasteiger partial charge >= 0.3 is 0 Å². The molecule has 0 unspecified atom stereocenters. The van der Waals surface area contributed by atoms with Gasteiger partial charge in [-0.3, -0.25) is 0 Å². The lowest BCUT2D eigenvalue weighted by atomic mass is 9.98. The molecule has 4 heteroatoms. The summed E-state index contributed by atoms with van der Waals surface area (Å²) in [7, 11) is 0. The summed E-state index contributed by atoms with van der Waals surface area (Å²) in [5, 5.41) is 0. The summed E-state index contributed by atoms with van der Waals surface area (Å²) in [6.45, 7) is 1.21. The fourth-order valence-corrected chi connectivity index (χ4v) is 3.55. The van der Waals surface area contributed by atoms with Crippen LogP contribution in [0.25, 0.3) is 0 Å². The largest absolute Gasteiger partial charge is 0.454 e. The molecule has 0 fully saturated rings. The SMILES string of the molecule is Brc1cc2c(cc1Cn1ccc3c1CCCC3)OCO2. The molecule has 0 spiro atoms. The van der Waals surface area contributed by atoms with Gasteiger partial charge in [0.05, 0.1) is 0 Å². The second kappa shape index (κ2) is 4.85. The minimum absolute atomic E-state index is 0.324. The molecule has 2 aromatic rings. The number of aryl methyl sites for hydroxylation is 1. The third kappa shape index (κ3) is 2.03. The van der Waals surface area contributed by atoms with Gasteiger partial charge in [-0.15, -0.1) is 0 Å². The molecule has 1 aliphatic carbocycles. The van der Waals surface area contributed by atoms with Crippen molar-refractivity contribution in [3.05, 3.63) is 45.7 Å². The van der Waals surface area contributed by atoms with Crippen LogP contribution in [0.2, 0.25) is 0 Å². The molecule has 1 aromatic carbocycles. The van der Waals surface area contributed by atoms with Crippen molar-refractivity contribution in [3.8, 4) is 11.5 Å². The summed E-state index contributed by atoms with van der Waals surface area (Å²) in [6, 6.07) is 6.37. The summed E-state index contributed by atoms with van der Waals surface area (Å²) in [5.41, 5.74) is 4.26. The molecule has 0 radical (unpaired) electrons. The molecule has 0 N–H and O–H groups in total. The van der Waals surface area contributed by atoms with Gasteiger partial charge in [-0.05, 0) is 55.0 Å². The maximum atomic E-state index is 5.47. The Balaban J connectivity index is 1.68. The van der Waals surface area contributed by atoms with Crippen LogP contribution in [0.5, 0.6) is 11.5 Å². The number of hydrogen-bond acceptors (Lipinski definition) is 2. The number of ether oxygens (including phenoxy) is 2. The van der Waals surface area contributed by atoms with Gasteiger partial charge < -0.3 is 14.0 Å². The molecular formula is C16H16BrNO2. The van der Waals surface area contributed by atoms with E-state index in [1.165, 1.54) is 42.5 Å². The van der Waals surface area contributed by atoms with Crippen LogP contribution in [0.4, 0.5) is 0 Å². The molecule has 2 aliphatic rings. The predicted molar refractivity (Wildman–Crippen MR) is 80.4 cm³/mol. The first-order valence-corrected chi connectivity index (χ1v) is 7.85. The van der Waals surface area contributed by atoms with Crippen molar-refractivity contribution >= 4 is 15.9 Å². The molecule has 0 saturated carbocycles. The van der Waals surface area contributed by atoms with Gasteiger partial charge in [0.25, 0.3) is 0 Å². The van der Waals surface area contributed by atoms with Gasteiger partial charge in [0, 0.05) is 22.9 Å². The maximum Gasteiger partial charge on any atom is 0.231 e. The Bertz CT molecular complexity index is 663. The summed E-state index contributed by atoms with van der Waals surface area (Å²) in [4.78, 5) is 0. The Morgan fingerprint density at radius 2 is 1.90 bits per heavy atom. The molecule has 4 rings (SSSR count). The van der Waals surface area contributed by atoms with E-state index in [2.05, 4.69) is 38.8 Å². The van der Waals surface area contributed by atoms with E-state index in [0.717, 1.165) is 22.5 Å². The average molecular weight is 334 g/mol. The van der Waals surface area contributed by atoms with E-state index < -0.39 is 0 Å². The molecular weight excluding hydrogens is 318 g/mol. The van der Waals surface area contributed by atoms with Crippen molar-refractivity contribution in [2.24, 2.45) is 0 Å². The van der Waals surface area contributed by atoms with E-state index in [1.807, 2.05) is 6.07 Å². The van der Waals surface area contributed by atoms with Crippen LogP contribution in [0, 0.1) is 0 Å². The number of fused-ring (bicyclic) bond motifs is 2. The topological polar surface area (TPSA) is 23.4 Å². The van der Waals surface area contributed by atoms with Crippen LogP contribution in [0.3, 0.4) is 0 Å². The molecule has 0 amide bonds. The van der Waals surface area contributed by atoms with Gasteiger partial charge in [0.1, 0.15) is 0 Å². The lowest BCUT2D eigenvalue weighted by molar-refractivity contribution is 0.174. The Labute approximate surface area is 126 Å². The normalized spacial score (nSPS) is 16.2. The number of benzene rings is 1. The van der Waals surface area contributed by atoms with Crippen molar-refractivity contribution in [1.29, 1.82) is 0 Å². The average Bonchev–Trinajstić information content (AvgIpc) is 3.06. The van der Waals surface area contributed by atoms with E-state index >= 15 is 0 Å². The molecule has 0 bridgehead atoms. The summed E-state index contributed by atoms with van der Waals surface area (Å²) < 4.78 is 14.3. The summed E-state index contributed by atoms with van der Waals surface area (Å²) in [6.07, 6.45) is 7.27. The highest BCUT2D eigenvalue weighted by Crippen LogP contribution is 2.37. The zero-order chi connectivity index (χ0) is 13.5. The van der Waals surface area contributed by atoms with Gasteiger partial charge in [-0.25, -0.2) is 0 Å². The first-order chi connectivity index (χ1) is 9.81. The highest BCUT2D eigenvalue weighted by Gasteiger charge is 2.18. The zero-order valence-corrected chi connectivity index (χ0v) is 12.8. The third-order valence-corrected chi connectivity index (χ3v) is 4.90. The van der Waals surface area contributed by atoms with Crippen molar-refractivity contribution in [2.75, 3.05) is 6.79 Å². The van der Waals surface area contributed by atoms with Crippen molar-refractivity contribution in [2.45, 2.75) is 32.2 Å². The Morgan fingerprint density at radius 3 is 2.80 bits per heavy atom. The smallest absolute Gasteiger partial charge is 0.231 e. The molecule has 2 heterocycles. The number of halogens is 1. The second-order valence-electron chi connectivity index (χ2n) is 5.42. The predicted octanol–water partition coefficient (Wildman–Crippen LogP) is 3.91. The quantitative estimate of drug-likeness (QED) is 0.831. The molecule has 3 nitrogen and oxygen atoms in total. The van der Waals surface area contributed by atoms with Crippen LogP contribution < -0.4 is 9.47 Å². The number of aromatic nitrogens is 1. The lowest BCUT2D eigenvalue weighted by Crippen LogP contribution is -2.09. The van der Waals surface area contributed by atoms with Gasteiger partial charge in [-0.2, -0.15) is 0 Å². The van der Waals surface area contributed by atoms with Gasteiger partial charge in [0.15, 0.2) is 11.5 Å². The molecule has 0 atom stereocenters. The molecule has 1 aromatic heterocycles. The van der Waals surface area contributed by atoms with Crippen LogP contribution in [-0.4, -0.2) is 11.4 Å². The minimum Gasteiger partial charge on any atom is -0.454 e. The molecule has 1 aliphatic heterocycles. The Kier molecular flexibility index (Phi) is 2.99. The van der Waals surface area contributed by atoms with Crippen LogP contribution in [0.15, 0.2) is 28.9 Å². The first-order valence-electron chi connectivity index (χ1n) is 7.06. The first kappa shape index (κ1) is 12.3. The maximum absolute atomic E-state index is 5.47. The number of hydrogen-bond donors (Lipinski definition) is 0. The van der Waals surface area contributed by atoms with E-state index in [-0.39, 0.29) is 0 Å². The van der Waals surface area contributed by atoms with E-state index in [4.69, 9.17) is 9.47 Å². The fourth-order valence-electron chi connectivity index (χ4n) is 3.10. The minimum atomic E-state index is 0.324. The number of nitrogens with zero attached hydrogens (tertiary/aromatic N) is 1. The standard InChI is InChI=1S/C16H16BrNO2/c17-13-8-16-15(19-10-20-16)7-12(13)9-18-6-5-11-3-1-2-4-14(11)18/h5-8H,1-4,9-10H2. The molecule has 104 valence electrons. The lowest BCUT2D eigenvalue weighted by Gasteiger charge is -2.16. The summed E-state index contributed by atoms with van der Waals surface area (Å²) in [5.74, 6) is 1.68. The van der Waals surface area contributed by atoms with Crippen LogP contribution in [0.1, 0.15) is 29.7 Å². The van der Waals surface area contributed by atoms with Crippen molar-refractivity contribution < 1.29 is 9.47 Å². The Morgan fingerprint density at radius 1 is 1.10 bits per heavy atom. The van der Waals surface area contributed by atoms with Crippen molar-refractivity contribution in [3.63, 3.8) is 0 Å².